The van der Waals surface area contributed by atoms with Gasteiger partial charge in [-0.3, -0.25) is 9.59 Å². The summed E-state index contributed by atoms with van der Waals surface area (Å²) in [6, 6.07) is 5.00. The zero-order valence-corrected chi connectivity index (χ0v) is 10.3. The molecule has 1 aromatic carbocycles. The van der Waals surface area contributed by atoms with Gasteiger partial charge in [-0.05, 0) is 24.6 Å². The summed E-state index contributed by atoms with van der Waals surface area (Å²) < 4.78 is 48.3. The van der Waals surface area contributed by atoms with Crippen LogP contribution in [0.3, 0.4) is 0 Å². The maximum absolute atomic E-state index is 12.8. The monoisotopic (exact) mass is 292 g/mol. The first-order chi connectivity index (χ1) is 9.30. The van der Waals surface area contributed by atoms with Crippen molar-refractivity contribution in [2.75, 3.05) is 13.1 Å². The molecule has 0 unspecified atom stereocenters. The SMILES string of the molecule is O=C(NCCCNC(=O)C(F)(F)F)c1cccc(F)c1. The number of carbonyl (C=O) groups excluding carboxylic acids is 2. The first kappa shape index (κ1) is 15.9. The highest BCUT2D eigenvalue weighted by atomic mass is 19.4. The van der Waals surface area contributed by atoms with E-state index >= 15 is 0 Å². The molecule has 0 fully saturated rings. The fourth-order valence-electron chi connectivity index (χ4n) is 1.32. The van der Waals surface area contributed by atoms with Gasteiger partial charge in [0.25, 0.3) is 5.91 Å². The first-order valence-corrected chi connectivity index (χ1v) is 5.69. The third kappa shape index (κ3) is 5.25. The molecule has 2 N–H and O–H groups in total. The summed E-state index contributed by atoms with van der Waals surface area (Å²) in [5, 5.41) is 4.07. The maximum atomic E-state index is 12.8. The second-order valence-corrected chi connectivity index (χ2v) is 3.87. The van der Waals surface area contributed by atoms with Crippen molar-refractivity contribution < 1.29 is 27.2 Å². The normalized spacial score (nSPS) is 11.0. The number of amides is 2. The Morgan fingerprint density at radius 3 is 2.35 bits per heavy atom. The number of nitrogens with one attached hydrogen (secondary N) is 2. The first-order valence-electron chi connectivity index (χ1n) is 5.69. The van der Waals surface area contributed by atoms with Crippen LogP contribution in [0.4, 0.5) is 17.6 Å². The molecule has 0 bridgehead atoms. The van der Waals surface area contributed by atoms with E-state index in [1.54, 1.807) is 5.32 Å². The van der Waals surface area contributed by atoms with Crippen LogP contribution in [-0.2, 0) is 4.79 Å². The second-order valence-electron chi connectivity index (χ2n) is 3.87. The number of hydrogen-bond donors (Lipinski definition) is 2. The van der Waals surface area contributed by atoms with Crippen LogP contribution in [0.2, 0.25) is 0 Å². The Morgan fingerprint density at radius 2 is 1.75 bits per heavy atom. The zero-order valence-electron chi connectivity index (χ0n) is 10.3. The molecule has 0 spiro atoms. The molecule has 0 aliphatic rings. The minimum Gasteiger partial charge on any atom is -0.352 e. The van der Waals surface area contributed by atoms with E-state index in [2.05, 4.69) is 5.32 Å². The summed E-state index contributed by atoms with van der Waals surface area (Å²) in [5.74, 6) is -3.12. The lowest BCUT2D eigenvalue weighted by atomic mass is 10.2. The van der Waals surface area contributed by atoms with E-state index in [9.17, 15) is 27.2 Å². The van der Waals surface area contributed by atoms with Crippen LogP contribution in [-0.4, -0.2) is 31.1 Å². The molecule has 4 nitrogen and oxygen atoms in total. The second kappa shape index (κ2) is 6.88. The minimum absolute atomic E-state index is 0.0630. The van der Waals surface area contributed by atoms with Crippen LogP contribution >= 0.6 is 0 Å². The van der Waals surface area contributed by atoms with Gasteiger partial charge in [0.2, 0.25) is 0 Å². The highest BCUT2D eigenvalue weighted by molar-refractivity contribution is 5.94. The van der Waals surface area contributed by atoms with Gasteiger partial charge in [-0.2, -0.15) is 13.2 Å². The Morgan fingerprint density at radius 1 is 1.10 bits per heavy atom. The Labute approximate surface area is 112 Å². The highest BCUT2D eigenvalue weighted by Gasteiger charge is 2.38. The standard InChI is InChI=1S/C12H12F4N2O2/c13-9-4-1-3-8(7-9)10(19)17-5-2-6-18-11(20)12(14,15)16/h1,3-4,7H,2,5-6H2,(H,17,19)(H,18,20). The van der Waals surface area contributed by atoms with Crippen LogP contribution in [0.25, 0.3) is 0 Å². The van der Waals surface area contributed by atoms with Gasteiger partial charge < -0.3 is 10.6 Å². The fraction of sp³-hybridized carbons (Fsp3) is 0.333. The molecule has 0 aromatic heterocycles. The van der Waals surface area contributed by atoms with Crippen molar-refractivity contribution >= 4 is 11.8 Å². The van der Waals surface area contributed by atoms with E-state index in [1.165, 1.54) is 18.2 Å². The molecule has 110 valence electrons. The van der Waals surface area contributed by atoms with Crippen molar-refractivity contribution in [3.8, 4) is 0 Å². The smallest absolute Gasteiger partial charge is 0.352 e. The topological polar surface area (TPSA) is 58.2 Å². The van der Waals surface area contributed by atoms with Crippen LogP contribution in [0.5, 0.6) is 0 Å². The van der Waals surface area contributed by atoms with E-state index in [0.29, 0.717) is 0 Å². The molecule has 0 radical (unpaired) electrons. The highest BCUT2D eigenvalue weighted by Crippen LogP contribution is 2.13. The van der Waals surface area contributed by atoms with Gasteiger partial charge in [0.1, 0.15) is 5.82 Å². The summed E-state index contributed by atoms with van der Waals surface area (Å²) in [6.07, 6.45) is -4.78. The third-order valence-electron chi connectivity index (χ3n) is 2.27. The van der Waals surface area contributed by atoms with E-state index in [-0.39, 0.29) is 25.1 Å². The van der Waals surface area contributed by atoms with Crippen LogP contribution in [0, 0.1) is 5.82 Å². The van der Waals surface area contributed by atoms with Crippen LogP contribution in [0.15, 0.2) is 24.3 Å². The molecule has 2 amide bonds. The predicted octanol–water partition coefficient (Wildman–Crippen LogP) is 1.62. The van der Waals surface area contributed by atoms with Crippen molar-refractivity contribution in [1.29, 1.82) is 0 Å². The van der Waals surface area contributed by atoms with Crippen molar-refractivity contribution in [2.45, 2.75) is 12.6 Å². The molecule has 0 heterocycles. The fourth-order valence-corrected chi connectivity index (χ4v) is 1.32. The van der Waals surface area contributed by atoms with Gasteiger partial charge in [-0.1, -0.05) is 6.07 Å². The quantitative estimate of drug-likeness (QED) is 0.640. The largest absolute Gasteiger partial charge is 0.471 e. The lowest BCUT2D eigenvalue weighted by molar-refractivity contribution is -0.173. The predicted molar refractivity (Wildman–Crippen MR) is 62.4 cm³/mol. The average Bonchev–Trinajstić information content (AvgIpc) is 2.36. The van der Waals surface area contributed by atoms with Crippen LogP contribution in [0.1, 0.15) is 16.8 Å². The molecule has 0 atom stereocenters. The molecule has 0 saturated carbocycles. The Hall–Kier alpha value is -2.12. The van der Waals surface area contributed by atoms with E-state index < -0.39 is 23.8 Å². The lowest BCUT2D eigenvalue weighted by Gasteiger charge is -2.08. The van der Waals surface area contributed by atoms with E-state index in [0.717, 1.165) is 6.07 Å². The molecule has 1 aromatic rings. The number of hydrogen-bond acceptors (Lipinski definition) is 2. The molecule has 8 heteroatoms. The summed E-state index contributed by atoms with van der Waals surface area (Å²) in [4.78, 5) is 22.0. The van der Waals surface area contributed by atoms with Gasteiger partial charge in [0.05, 0.1) is 0 Å². The molecule has 0 aliphatic heterocycles. The Bertz CT molecular complexity index is 489. The number of rotatable bonds is 5. The molecule has 0 aliphatic carbocycles. The molecule has 0 saturated heterocycles. The minimum atomic E-state index is -4.91. The Balaban J connectivity index is 2.25. The number of alkyl halides is 3. The van der Waals surface area contributed by atoms with Gasteiger partial charge in [0, 0.05) is 18.7 Å². The number of benzene rings is 1. The molecule has 1 rings (SSSR count). The zero-order chi connectivity index (χ0) is 15.2. The molecular weight excluding hydrogens is 280 g/mol. The lowest BCUT2D eigenvalue weighted by Crippen LogP contribution is -2.38. The summed E-state index contributed by atoms with van der Waals surface area (Å²) >= 11 is 0. The average molecular weight is 292 g/mol. The summed E-state index contributed by atoms with van der Waals surface area (Å²) in [7, 11) is 0. The Kier molecular flexibility index (Phi) is 5.48. The van der Waals surface area contributed by atoms with Crippen molar-refractivity contribution in [3.05, 3.63) is 35.6 Å². The number of halogens is 4. The van der Waals surface area contributed by atoms with Crippen LogP contribution < -0.4 is 10.6 Å². The van der Waals surface area contributed by atoms with Gasteiger partial charge in [-0.25, -0.2) is 4.39 Å². The van der Waals surface area contributed by atoms with Crippen molar-refractivity contribution in [2.24, 2.45) is 0 Å². The van der Waals surface area contributed by atoms with Crippen molar-refractivity contribution in [3.63, 3.8) is 0 Å². The summed E-state index contributed by atoms with van der Waals surface area (Å²) in [5.41, 5.74) is 0.115. The third-order valence-corrected chi connectivity index (χ3v) is 2.27. The number of carbonyl (C=O) groups is 2. The van der Waals surface area contributed by atoms with Gasteiger partial charge >= 0.3 is 12.1 Å². The van der Waals surface area contributed by atoms with Crippen molar-refractivity contribution in [1.82, 2.24) is 10.6 Å². The maximum Gasteiger partial charge on any atom is 0.471 e. The molecule has 20 heavy (non-hydrogen) atoms. The van der Waals surface area contributed by atoms with Gasteiger partial charge in [0.15, 0.2) is 0 Å². The molecular formula is C12H12F4N2O2. The van der Waals surface area contributed by atoms with E-state index in [4.69, 9.17) is 0 Å². The van der Waals surface area contributed by atoms with E-state index in [1.807, 2.05) is 0 Å². The summed E-state index contributed by atoms with van der Waals surface area (Å²) in [6.45, 7) is -0.157. The van der Waals surface area contributed by atoms with Gasteiger partial charge in [-0.15, -0.1) is 0 Å².